The van der Waals surface area contributed by atoms with Crippen LogP contribution in [0, 0.1) is 12.3 Å². The summed E-state index contributed by atoms with van der Waals surface area (Å²) in [5.41, 5.74) is 0.949. The zero-order valence-corrected chi connectivity index (χ0v) is 16.0. The number of aromatic amines is 1. The zero-order chi connectivity index (χ0) is 19.7. The van der Waals surface area contributed by atoms with Crippen LogP contribution >= 0.6 is 0 Å². The average Bonchev–Trinajstić information content (AvgIpc) is 3.25. The van der Waals surface area contributed by atoms with Gasteiger partial charge in [0.05, 0.1) is 5.41 Å². The average molecular weight is 380 g/mol. The number of nitrogens with zero attached hydrogens (tertiary/aromatic N) is 3. The Labute approximate surface area is 163 Å². The van der Waals surface area contributed by atoms with Crippen molar-refractivity contribution >= 4 is 11.8 Å². The molecule has 7 heteroatoms. The van der Waals surface area contributed by atoms with Gasteiger partial charge in [-0.2, -0.15) is 4.98 Å². The molecule has 7 nitrogen and oxygen atoms in total. The molecule has 1 aromatic carbocycles. The molecular weight excluding hydrogens is 356 g/mol. The summed E-state index contributed by atoms with van der Waals surface area (Å²) in [7, 11) is 0. The smallest absolute Gasteiger partial charge is 0.342 e. The van der Waals surface area contributed by atoms with Crippen molar-refractivity contribution in [3.05, 3.63) is 63.8 Å². The van der Waals surface area contributed by atoms with Crippen molar-refractivity contribution in [1.82, 2.24) is 19.8 Å². The van der Waals surface area contributed by atoms with Gasteiger partial charge in [0.15, 0.2) is 0 Å². The van der Waals surface area contributed by atoms with Crippen LogP contribution in [0.3, 0.4) is 0 Å². The van der Waals surface area contributed by atoms with Crippen molar-refractivity contribution in [2.75, 3.05) is 26.2 Å². The first kappa shape index (κ1) is 18.4. The van der Waals surface area contributed by atoms with Gasteiger partial charge in [-0.25, -0.2) is 4.79 Å². The molecular formula is C21H24N4O3. The largest absolute Gasteiger partial charge is 0.345 e. The zero-order valence-electron chi connectivity index (χ0n) is 16.0. The lowest BCUT2D eigenvalue weighted by Crippen LogP contribution is -2.39. The molecule has 2 aliphatic rings. The Morgan fingerprint density at radius 3 is 2.68 bits per heavy atom. The molecule has 1 atom stereocenters. The van der Waals surface area contributed by atoms with Gasteiger partial charge in [0.25, 0.3) is 5.91 Å². The van der Waals surface area contributed by atoms with E-state index < -0.39 is 11.1 Å². The number of amides is 2. The highest BCUT2D eigenvalue weighted by atomic mass is 16.2. The van der Waals surface area contributed by atoms with Crippen molar-refractivity contribution in [2.45, 2.75) is 26.2 Å². The molecule has 28 heavy (non-hydrogen) atoms. The van der Waals surface area contributed by atoms with Crippen molar-refractivity contribution in [3.8, 4) is 0 Å². The van der Waals surface area contributed by atoms with E-state index in [1.807, 2.05) is 23.1 Å². The van der Waals surface area contributed by atoms with Gasteiger partial charge < -0.3 is 14.8 Å². The van der Waals surface area contributed by atoms with Crippen LogP contribution in [0.25, 0.3) is 0 Å². The van der Waals surface area contributed by atoms with Gasteiger partial charge in [0.2, 0.25) is 5.91 Å². The maximum absolute atomic E-state index is 13.1. The molecule has 2 amide bonds. The predicted octanol–water partition coefficient (Wildman–Crippen LogP) is 1.39. The lowest BCUT2D eigenvalue weighted by Gasteiger charge is -2.23. The minimum absolute atomic E-state index is 0.143. The second-order valence-electron chi connectivity index (χ2n) is 7.79. The van der Waals surface area contributed by atoms with Gasteiger partial charge in [0.1, 0.15) is 5.69 Å². The Morgan fingerprint density at radius 2 is 1.93 bits per heavy atom. The number of carbonyl (C=O) groups is 2. The number of aryl methyl sites for hydroxylation is 1. The highest BCUT2D eigenvalue weighted by molar-refractivity contribution is 5.94. The third-order valence-electron chi connectivity index (χ3n) is 5.85. The van der Waals surface area contributed by atoms with E-state index in [4.69, 9.17) is 0 Å². The second-order valence-corrected chi connectivity index (χ2v) is 7.79. The minimum Gasteiger partial charge on any atom is -0.342 e. The Bertz CT molecular complexity index is 956. The Hall–Kier alpha value is -2.96. The fourth-order valence-electron chi connectivity index (χ4n) is 4.29. The second kappa shape index (κ2) is 7.22. The van der Waals surface area contributed by atoms with Crippen molar-refractivity contribution < 1.29 is 9.59 Å². The number of aromatic nitrogens is 2. The quantitative estimate of drug-likeness (QED) is 0.868. The highest BCUT2D eigenvalue weighted by Crippen LogP contribution is 2.41. The van der Waals surface area contributed by atoms with Gasteiger partial charge in [-0.3, -0.25) is 9.59 Å². The summed E-state index contributed by atoms with van der Waals surface area (Å²) in [6, 6.07) is 11.7. The number of hydrogen-bond acceptors (Lipinski definition) is 4. The molecule has 1 unspecified atom stereocenters. The SMILES string of the molecule is Cc1cc(C(=O)N2CCC3(CCN(CCc4ccccc4)C3=O)C2)nc(=O)[nH]1. The number of nitrogens with one attached hydrogen (secondary N) is 1. The fourth-order valence-corrected chi connectivity index (χ4v) is 4.29. The molecule has 2 aliphatic heterocycles. The molecule has 4 rings (SSSR count). The maximum Gasteiger partial charge on any atom is 0.345 e. The standard InChI is InChI=1S/C21H24N4O3/c1-15-13-17(23-20(28)22-15)18(26)25-12-9-21(14-25)8-11-24(19(21)27)10-7-16-5-3-2-4-6-16/h2-6,13H,7-12,14H2,1H3,(H,22,23,28). The summed E-state index contributed by atoms with van der Waals surface area (Å²) >= 11 is 0. The molecule has 0 aliphatic carbocycles. The minimum atomic E-state index is -0.527. The topological polar surface area (TPSA) is 86.4 Å². The lowest BCUT2D eigenvalue weighted by molar-refractivity contribution is -0.135. The van der Waals surface area contributed by atoms with E-state index in [2.05, 4.69) is 22.1 Å². The van der Waals surface area contributed by atoms with E-state index in [9.17, 15) is 14.4 Å². The normalized spacial score (nSPS) is 21.7. The summed E-state index contributed by atoms with van der Waals surface area (Å²) in [6.07, 6.45) is 2.27. The lowest BCUT2D eigenvalue weighted by atomic mass is 9.85. The Kier molecular flexibility index (Phi) is 4.75. The molecule has 2 saturated heterocycles. The van der Waals surface area contributed by atoms with Gasteiger partial charge in [-0.05, 0) is 37.8 Å². The maximum atomic E-state index is 13.1. The van der Waals surface area contributed by atoms with E-state index in [1.54, 1.807) is 17.9 Å². The van der Waals surface area contributed by atoms with Crippen LogP contribution in [0.15, 0.2) is 41.2 Å². The fraction of sp³-hybridized carbons (Fsp3) is 0.429. The highest BCUT2D eigenvalue weighted by Gasteiger charge is 2.51. The van der Waals surface area contributed by atoms with Crippen LogP contribution < -0.4 is 5.69 Å². The van der Waals surface area contributed by atoms with Crippen LogP contribution in [-0.2, 0) is 11.2 Å². The van der Waals surface area contributed by atoms with Crippen molar-refractivity contribution in [3.63, 3.8) is 0 Å². The number of rotatable bonds is 4. The summed E-state index contributed by atoms with van der Waals surface area (Å²) < 4.78 is 0. The van der Waals surface area contributed by atoms with Gasteiger partial charge in [-0.15, -0.1) is 0 Å². The van der Waals surface area contributed by atoms with E-state index in [-0.39, 0.29) is 17.5 Å². The number of H-pyrrole nitrogens is 1. The van der Waals surface area contributed by atoms with Crippen LogP contribution in [0.5, 0.6) is 0 Å². The molecule has 1 spiro atoms. The third-order valence-corrected chi connectivity index (χ3v) is 5.85. The molecule has 2 aromatic rings. The third kappa shape index (κ3) is 3.44. The Balaban J connectivity index is 1.42. The van der Waals surface area contributed by atoms with Gasteiger partial charge >= 0.3 is 5.69 Å². The van der Waals surface area contributed by atoms with E-state index in [0.29, 0.717) is 31.7 Å². The first-order valence-electron chi connectivity index (χ1n) is 9.67. The first-order valence-corrected chi connectivity index (χ1v) is 9.67. The summed E-state index contributed by atoms with van der Waals surface area (Å²) in [4.78, 5) is 47.4. The number of benzene rings is 1. The molecule has 0 saturated carbocycles. The van der Waals surface area contributed by atoms with Gasteiger partial charge in [0, 0.05) is 31.9 Å². The monoisotopic (exact) mass is 380 g/mol. The molecule has 2 fully saturated rings. The van der Waals surface area contributed by atoms with Crippen LogP contribution in [0.4, 0.5) is 0 Å². The van der Waals surface area contributed by atoms with E-state index in [1.165, 1.54) is 5.56 Å². The molecule has 3 heterocycles. The van der Waals surface area contributed by atoms with Crippen LogP contribution in [-0.4, -0.2) is 57.8 Å². The van der Waals surface area contributed by atoms with E-state index in [0.717, 1.165) is 19.4 Å². The summed E-state index contributed by atoms with van der Waals surface area (Å²) in [5, 5.41) is 0. The van der Waals surface area contributed by atoms with Crippen LogP contribution in [0.2, 0.25) is 0 Å². The van der Waals surface area contributed by atoms with E-state index >= 15 is 0 Å². The molecule has 1 aromatic heterocycles. The summed E-state index contributed by atoms with van der Waals surface area (Å²) in [5.74, 6) is -0.129. The molecule has 0 radical (unpaired) electrons. The van der Waals surface area contributed by atoms with Crippen molar-refractivity contribution in [2.24, 2.45) is 5.41 Å². The van der Waals surface area contributed by atoms with Crippen molar-refractivity contribution in [1.29, 1.82) is 0 Å². The predicted molar refractivity (Wildman–Crippen MR) is 104 cm³/mol. The molecule has 0 bridgehead atoms. The summed E-state index contributed by atoms with van der Waals surface area (Å²) in [6.45, 7) is 4.07. The Morgan fingerprint density at radius 1 is 1.18 bits per heavy atom. The molecule has 1 N–H and O–H groups in total. The first-order chi connectivity index (χ1) is 13.5. The number of hydrogen-bond donors (Lipinski definition) is 1. The molecule has 146 valence electrons. The van der Waals surface area contributed by atoms with Gasteiger partial charge in [-0.1, -0.05) is 30.3 Å². The van der Waals surface area contributed by atoms with Crippen LogP contribution in [0.1, 0.15) is 34.6 Å². The number of carbonyl (C=O) groups excluding carboxylic acids is 2. The number of likely N-dealkylation sites (tertiary alicyclic amines) is 2.